The molecule has 0 atom stereocenters. The van der Waals surface area contributed by atoms with Crippen LogP contribution in [-0.4, -0.2) is 0 Å². The van der Waals surface area contributed by atoms with Gasteiger partial charge < -0.3 is 9.32 Å². The maximum absolute atomic E-state index is 6.59. The van der Waals surface area contributed by atoms with Crippen LogP contribution >= 0.6 is 0 Å². The highest BCUT2D eigenvalue weighted by Crippen LogP contribution is 2.44. The molecule has 0 spiro atoms. The molecule has 9 aromatic rings. The summed E-state index contributed by atoms with van der Waals surface area (Å²) in [4.78, 5) is 2.37. The molecule has 9 rings (SSSR count). The maximum Gasteiger partial charge on any atom is 0.143 e. The van der Waals surface area contributed by atoms with Crippen LogP contribution in [0.25, 0.3) is 65.7 Å². The van der Waals surface area contributed by atoms with Crippen LogP contribution < -0.4 is 4.90 Å². The molecule has 0 bridgehead atoms. The van der Waals surface area contributed by atoms with E-state index in [1.54, 1.807) is 0 Å². The van der Waals surface area contributed by atoms with Crippen LogP contribution in [-0.2, 0) is 0 Å². The number of furan rings is 1. The van der Waals surface area contributed by atoms with Gasteiger partial charge in [-0.25, -0.2) is 0 Å². The summed E-state index contributed by atoms with van der Waals surface area (Å²) in [5.41, 5.74) is 9.88. The molecular formula is C44H29NO. The lowest BCUT2D eigenvalue weighted by Crippen LogP contribution is -2.10. The third kappa shape index (κ3) is 4.35. The molecule has 2 heteroatoms. The summed E-state index contributed by atoms with van der Waals surface area (Å²) < 4.78 is 6.59. The van der Waals surface area contributed by atoms with Crippen LogP contribution in [0.5, 0.6) is 0 Å². The quantitative estimate of drug-likeness (QED) is 0.199. The predicted octanol–water partition coefficient (Wildman–Crippen LogP) is 12.7. The smallest absolute Gasteiger partial charge is 0.143 e. The van der Waals surface area contributed by atoms with Gasteiger partial charge in [0.2, 0.25) is 0 Å². The van der Waals surface area contributed by atoms with Gasteiger partial charge in [-0.2, -0.15) is 0 Å². The number of nitrogens with zero attached hydrogens (tertiary/aromatic N) is 1. The van der Waals surface area contributed by atoms with Crippen LogP contribution in [0.1, 0.15) is 0 Å². The average Bonchev–Trinajstić information content (AvgIpc) is 3.52. The molecule has 0 aliphatic rings. The molecule has 0 radical (unpaired) electrons. The zero-order chi connectivity index (χ0) is 30.5. The van der Waals surface area contributed by atoms with Gasteiger partial charge in [0.1, 0.15) is 11.2 Å². The molecule has 1 heterocycles. The number of hydrogen-bond donors (Lipinski definition) is 0. The van der Waals surface area contributed by atoms with Crippen LogP contribution in [0.15, 0.2) is 180 Å². The Hall–Kier alpha value is -6.12. The molecule has 0 amide bonds. The van der Waals surface area contributed by atoms with E-state index in [2.05, 4.69) is 175 Å². The summed E-state index contributed by atoms with van der Waals surface area (Å²) in [7, 11) is 0. The van der Waals surface area contributed by atoms with E-state index in [1.165, 1.54) is 32.7 Å². The molecule has 8 aromatic carbocycles. The lowest BCUT2D eigenvalue weighted by molar-refractivity contribution is 0.670. The van der Waals surface area contributed by atoms with Gasteiger partial charge in [0.15, 0.2) is 0 Å². The first kappa shape index (κ1) is 26.3. The Morgan fingerprint density at radius 3 is 1.87 bits per heavy atom. The first-order chi connectivity index (χ1) is 22.8. The second-order valence-corrected chi connectivity index (χ2v) is 11.7. The SMILES string of the molecule is c1ccc(-c2ccc3cc(N(c4ccccc4)c4cccc5c4ccc4oc6c(-c7ccccc7)cccc6c45)ccc3c2)cc1. The molecule has 46 heavy (non-hydrogen) atoms. The zero-order valence-electron chi connectivity index (χ0n) is 25.1. The number of rotatable bonds is 5. The van der Waals surface area contributed by atoms with Crippen molar-refractivity contribution in [1.29, 1.82) is 0 Å². The predicted molar refractivity (Wildman–Crippen MR) is 194 cm³/mol. The van der Waals surface area contributed by atoms with E-state index in [9.17, 15) is 0 Å². The van der Waals surface area contributed by atoms with Gasteiger partial charge in [-0.3, -0.25) is 0 Å². The van der Waals surface area contributed by atoms with Crippen LogP contribution in [0, 0.1) is 0 Å². The second kappa shape index (κ2) is 10.8. The number of anilines is 3. The van der Waals surface area contributed by atoms with Crippen LogP contribution in [0.2, 0.25) is 0 Å². The van der Waals surface area contributed by atoms with E-state index in [0.29, 0.717) is 0 Å². The summed E-state index contributed by atoms with van der Waals surface area (Å²) in [6, 6.07) is 62.6. The molecule has 0 unspecified atom stereocenters. The minimum atomic E-state index is 0.897. The largest absolute Gasteiger partial charge is 0.455 e. The Balaban J connectivity index is 1.24. The van der Waals surface area contributed by atoms with Crippen molar-refractivity contribution in [1.82, 2.24) is 0 Å². The van der Waals surface area contributed by atoms with Crippen molar-refractivity contribution in [3.05, 3.63) is 176 Å². The fraction of sp³-hybridized carbons (Fsp3) is 0. The zero-order valence-corrected chi connectivity index (χ0v) is 25.1. The molecule has 216 valence electrons. The van der Waals surface area contributed by atoms with Gasteiger partial charge in [0.25, 0.3) is 0 Å². The Bertz CT molecular complexity index is 2510. The number of benzene rings is 8. The van der Waals surface area contributed by atoms with Crippen molar-refractivity contribution >= 4 is 60.5 Å². The average molecular weight is 588 g/mol. The number of hydrogen-bond acceptors (Lipinski definition) is 2. The van der Waals surface area contributed by atoms with Crippen LogP contribution in [0.4, 0.5) is 17.1 Å². The fourth-order valence-corrected chi connectivity index (χ4v) is 6.86. The number of fused-ring (bicyclic) bond motifs is 6. The van der Waals surface area contributed by atoms with Crippen molar-refractivity contribution in [2.45, 2.75) is 0 Å². The third-order valence-corrected chi connectivity index (χ3v) is 9.03. The normalized spacial score (nSPS) is 11.5. The van der Waals surface area contributed by atoms with Gasteiger partial charge in [-0.15, -0.1) is 0 Å². The molecule has 1 aromatic heterocycles. The maximum atomic E-state index is 6.59. The molecule has 2 nitrogen and oxygen atoms in total. The van der Waals surface area contributed by atoms with E-state index in [-0.39, 0.29) is 0 Å². The molecule has 0 fully saturated rings. The highest BCUT2D eigenvalue weighted by molar-refractivity contribution is 6.22. The van der Waals surface area contributed by atoms with Crippen LogP contribution in [0.3, 0.4) is 0 Å². The van der Waals surface area contributed by atoms with Gasteiger partial charge in [0.05, 0.1) is 5.69 Å². The first-order valence-corrected chi connectivity index (χ1v) is 15.7. The summed E-state index contributed by atoms with van der Waals surface area (Å²) in [6.07, 6.45) is 0. The monoisotopic (exact) mass is 587 g/mol. The first-order valence-electron chi connectivity index (χ1n) is 15.7. The van der Waals surface area contributed by atoms with Crippen molar-refractivity contribution in [2.75, 3.05) is 4.90 Å². The molecule has 0 saturated heterocycles. The van der Waals surface area contributed by atoms with E-state index >= 15 is 0 Å². The fourth-order valence-electron chi connectivity index (χ4n) is 6.86. The van der Waals surface area contributed by atoms with Crippen molar-refractivity contribution in [2.24, 2.45) is 0 Å². The molecular weight excluding hydrogens is 558 g/mol. The lowest BCUT2D eigenvalue weighted by Gasteiger charge is -2.27. The Morgan fingerprint density at radius 2 is 1.07 bits per heavy atom. The van der Waals surface area contributed by atoms with Crippen molar-refractivity contribution in [3.63, 3.8) is 0 Å². The van der Waals surface area contributed by atoms with Crippen molar-refractivity contribution < 1.29 is 4.42 Å². The minimum absolute atomic E-state index is 0.897. The van der Waals surface area contributed by atoms with E-state index in [4.69, 9.17) is 4.42 Å². The van der Waals surface area contributed by atoms with Crippen molar-refractivity contribution in [3.8, 4) is 22.3 Å². The summed E-state index contributed by atoms with van der Waals surface area (Å²) in [6.45, 7) is 0. The Labute approximate surface area is 267 Å². The van der Waals surface area contributed by atoms with E-state index in [1.807, 2.05) is 6.07 Å². The Morgan fingerprint density at radius 1 is 0.391 bits per heavy atom. The van der Waals surface area contributed by atoms with E-state index in [0.717, 1.165) is 50.1 Å². The van der Waals surface area contributed by atoms with Gasteiger partial charge in [-0.05, 0) is 81.4 Å². The Kier molecular flexibility index (Phi) is 6.17. The third-order valence-electron chi connectivity index (χ3n) is 9.03. The summed E-state index contributed by atoms with van der Waals surface area (Å²) in [5, 5.41) is 7.04. The molecule has 0 aliphatic carbocycles. The van der Waals surface area contributed by atoms with E-state index < -0.39 is 0 Å². The summed E-state index contributed by atoms with van der Waals surface area (Å²) >= 11 is 0. The second-order valence-electron chi connectivity index (χ2n) is 11.7. The molecule has 0 saturated carbocycles. The lowest BCUT2D eigenvalue weighted by atomic mass is 9.98. The number of para-hydroxylation sites is 2. The minimum Gasteiger partial charge on any atom is -0.455 e. The topological polar surface area (TPSA) is 16.4 Å². The van der Waals surface area contributed by atoms with Gasteiger partial charge >= 0.3 is 0 Å². The highest BCUT2D eigenvalue weighted by atomic mass is 16.3. The highest BCUT2D eigenvalue weighted by Gasteiger charge is 2.19. The standard InChI is InChI=1S/C44H29NO/c1-4-12-30(13-5-1)32-22-23-34-29-36(25-24-33(34)28-32)45(35-16-8-3-9-17-35)41-21-11-19-39-38(41)26-27-42-43(39)40-20-10-18-37(44(40)46-42)31-14-6-2-7-15-31/h1-29H. The van der Waals surface area contributed by atoms with Gasteiger partial charge in [-0.1, -0.05) is 127 Å². The molecule has 0 aliphatic heterocycles. The van der Waals surface area contributed by atoms with Gasteiger partial charge in [0, 0.05) is 33.1 Å². The summed E-state index contributed by atoms with van der Waals surface area (Å²) in [5.74, 6) is 0. The molecule has 0 N–H and O–H groups in total.